The molecule has 1 atom stereocenters. The third-order valence-corrected chi connectivity index (χ3v) is 2.57. The summed E-state index contributed by atoms with van der Waals surface area (Å²) in [5, 5.41) is 0. The van der Waals surface area contributed by atoms with Crippen molar-refractivity contribution in [2.75, 3.05) is 11.5 Å². The van der Waals surface area contributed by atoms with Crippen LogP contribution in [0.3, 0.4) is 0 Å². The molecule has 0 aromatic carbocycles. The molecular weight excluding hydrogens is 142 g/mol. The van der Waals surface area contributed by atoms with Crippen LogP contribution in [0.1, 0.15) is 33.1 Å². The van der Waals surface area contributed by atoms with E-state index < -0.39 is 0 Å². The Morgan fingerprint density at radius 3 is 2.60 bits per heavy atom. The third kappa shape index (κ3) is 8.31. The van der Waals surface area contributed by atoms with Gasteiger partial charge in [-0.05, 0) is 37.7 Å². The van der Waals surface area contributed by atoms with Crippen LogP contribution in [-0.4, -0.2) is 17.5 Å². The van der Waals surface area contributed by atoms with Crippen molar-refractivity contribution in [3.63, 3.8) is 0 Å². The number of nitrogens with two attached hydrogens (primary N) is 1. The second kappa shape index (κ2) is 7.42. The fraction of sp³-hybridized carbons (Fsp3) is 1.00. The minimum absolute atomic E-state index is 0.391. The van der Waals surface area contributed by atoms with Gasteiger partial charge >= 0.3 is 0 Å². The highest BCUT2D eigenvalue weighted by molar-refractivity contribution is 7.99. The van der Waals surface area contributed by atoms with Crippen LogP contribution in [0.5, 0.6) is 0 Å². The summed E-state index contributed by atoms with van der Waals surface area (Å²) in [6.07, 6.45) is 3.75. The molecule has 0 aliphatic rings. The van der Waals surface area contributed by atoms with E-state index in [-0.39, 0.29) is 0 Å². The quantitative estimate of drug-likeness (QED) is 0.605. The summed E-state index contributed by atoms with van der Waals surface area (Å²) in [4.78, 5) is 0. The van der Waals surface area contributed by atoms with Crippen LogP contribution in [0.25, 0.3) is 0 Å². The van der Waals surface area contributed by atoms with Crippen LogP contribution in [0.4, 0.5) is 0 Å². The minimum atomic E-state index is 0.391. The molecule has 0 bridgehead atoms. The van der Waals surface area contributed by atoms with Crippen molar-refractivity contribution in [2.45, 2.75) is 39.2 Å². The third-order valence-electron chi connectivity index (χ3n) is 1.30. The zero-order chi connectivity index (χ0) is 7.82. The maximum absolute atomic E-state index is 5.60. The van der Waals surface area contributed by atoms with E-state index in [9.17, 15) is 0 Å². The summed E-state index contributed by atoms with van der Waals surface area (Å²) in [5.41, 5.74) is 5.60. The summed E-state index contributed by atoms with van der Waals surface area (Å²) in [6, 6.07) is 0.391. The highest BCUT2D eigenvalue weighted by Crippen LogP contribution is 2.06. The normalized spacial score (nSPS) is 13.5. The molecule has 0 amide bonds. The summed E-state index contributed by atoms with van der Waals surface area (Å²) >= 11 is 2.04. The first-order valence-corrected chi connectivity index (χ1v) is 5.26. The molecule has 0 saturated carbocycles. The van der Waals surface area contributed by atoms with E-state index in [1.165, 1.54) is 30.8 Å². The molecule has 0 aromatic rings. The minimum Gasteiger partial charge on any atom is -0.328 e. The Morgan fingerprint density at radius 1 is 1.40 bits per heavy atom. The van der Waals surface area contributed by atoms with Gasteiger partial charge in [-0.15, -0.1) is 0 Å². The molecule has 1 unspecified atom stereocenters. The van der Waals surface area contributed by atoms with Gasteiger partial charge in [0.05, 0.1) is 0 Å². The van der Waals surface area contributed by atoms with Gasteiger partial charge in [0.2, 0.25) is 0 Å². The van der Waals surface area contributed by atoms with Gasteiger partial charge in [-0.3, -0.25) is 0 Å². The van der Waals surface area contributed by atoms with E-state index in [0.717, 1.165) is 0 Å². The fourth-order valence-electron chi connectivity index (χ4n) is 0.754. The van der Waals surface area contributed by atoms with Crippen molar-refractivity contribution < 1.29 is 0 Å². The SMILES string of the molecule is CCCSCCCC(C)N. The Balaban J connectivity index is 2.77. The molecule has 62 valence electrons. The van der Waals surface area contributed by atoms with Crippen molar-refractivity contribution in [2.24, 2.45) is 5.73 Å². The Hall–Kier alpha value is 0.310. The van der Waals surface area contributed by atoms with Gasteiger partial charge in [0.1, 0.15) is 0 Å². The highest BCUT2D eigenvalue weighted by Gasteiger charge is 1.92. The maximum Gasteiger partial charge on any atom is 0.00107 e. The monoisotopic (exact) mass is 161 g/mol. The Bertz CT molecular complexity index is 64.3. The van der Waals surface area contributed by atoms with Crippen molar-refractivity contribution in [3.8, 4) is 0 Å². The van der Waals surface area contributed by atoms with E-state index in [1.807, 2.05) is 11.8 Å². The number of hydrogen-bond donors (Lipinski definition) is 1. The number of thioether (sulfide) groups is 1. The second-order valence-corrected chi connectivity index (χ2v) is 3.96. The molecule has 1 nitrogen and oxygen atoms in total. The maximum atomic E-state index is 5.60. The summed E-state index contributed by atoms with van der Waals surface area (Å²) in [6.45, 7) is 4.29. The Kier molecular flexibility index (Phi) is 7.65. The predicted octanol–water partition coefficient (Wildman–Crippen LogP) is 2.26. The molecule has 2 N–H and O–H groups in total. The molecule has 0 rings (SSSR count). The van der Waals surface area contributed by atoms with Crippen LogP contribution < -0.4 is 5.73 Å². The summed E-state index contributed by atoms with van der Waals surface area (Å²) < 4.78 is 0. The van der Waals surface area contributed by atoms with Gasteiger partial charge in [0.15, 0.2) is 0 Å². The molecule has 0 radical (unpaired) electrons. The Labute approximate surface area is 68.8 Å². The van der Waals surface area contributed by atoms with Crippen LogP contribution >= 0.6 is 11.8 Å². The van der Waals surface area contributed by atoms with E-state index >= 15 is 0 Å². The molecule has 0 spiro atoms. The molecule has 0 heterocycles. The number of hydrogen-bond acceptors (Lipinski definition) is 2. The lowest BCUT2D eigenvalue weighted by Gasteiger charge is -2.02. The average molecular weight is 161 g/mol. The standard InChI is InChI=1S/C8H19NS/c1-3-6-10-7-4-5-8(2)9/h8H,3-7,9H2,1-2H3. The molecule has 0 fully saturated rings. The topological polar surface area (TPSA) is 26.0 Å². The lowest BCUT2D eigenvalue weighted by atomic mass is 10.2. The van der Waals surface area contributed by atoms with Crippen LogP contribution in [-0.2, 0) is 0 Å². The van der Waals surface area contributed by atoms with Gasteiger partial charge in [0.25, 0.3) is 0 Å². The average Bonchev–Trinajstić information content (AvgIpc) is 1.87. The van der Waals surface area contributed by atoms with Crippen molar-refractivity contribution in [3.05, 3.63) is 0 Å². The van der Waals surface area contributed by atoms with Gasteiger partial charge in [-0.25, -0.2) is 0 Å². The first kappa shape index (κ1) is 10.3. The van der Waals surface area contributed by atoms with E-state index in [1.54, 1.807) is 0 Å². The van der Waals surface area contributed by atoms with E-state index in [2.05, 4.69) is 13.8 Å². The number of rotatable bonds is 6. The van der Waals surface area contributed by atoms with Gasteiger partial charge in [0, 0.05) is 6.04 Å². The first-order chi connectivity index (χ1) is 4.77. The van der Waals surface area contributed by atoms with Crippen molar-refractivity contribution in [1.29, 1.82) is 0 Å². The molecule has 0 aromatic heterocycles. The van der Waals surface area contributed by atoms with Gasteiger partial charge in [-0.2, -0.15) is 11.8 Å². The molecule has 0 aliphatic carbocycles. The first-order valence-electron chi connectivity index (χ1n) is 4.10. The summed E-state index contributed by atoms with van der Waals surface area (Å²) in [7, 11) is 0. The van der Waals surface area contributed by atoms with Crippen LogP contribution in [0.15, 0.2) is 0 Å². The lowest BCUT2D eigenvalue weighted by molar-refractivity contribution is 0.656. The highest BCUT2D eigenvalue weighted by atomic mass is 32.2. The van der Waals surface area contributed by atoms with Crippen LogP contribution in [0, 0.1) is 0 Å². The van der Waals surface area contributed by atoms with Gasteiger partial charge < -0.3 is 5.73 Å². The van der Waals surface area contributed by atoms with Crippen LogP contribution in [0.2, 0.25) is 0 Å². The van der Waals surface area contributed by atoms with E-state index in [4.69, 9.17) is 5.73 Å². The Morgan fingerprint density at radius 2 is 2.10 bits per heavy atom. The fourth-order valence-corrected chi connectivity index (χ4v) is 1.62. The second-order valence-electron chi connectivity index (χ2n) is 2.73. The smallest absolute Gasteiger partial charge is 0.00107 e. The van der Waals surface area contributed by atoms with Crippen molar-refractivity contribution >= 4 is 11.8 Å². The predicted molar refractivity (Wildman–Crippen MR) is 50.5 cm³/mol. The molecular formula is C8H19NS. The largest absolute Gasteiger partial charge is 0.328 e. The van der Waals surface area contributed by atoms with Gasteiger partial charge in [-0.1, -0.05) is 6.92 Å². The molecule has 0 saturated heterocycles. The molecule has 0 aliphatic heterocycles. The molecule has 10 heavy (non-hydrogen) atoms. The zero-order valence-corrected chi connectivity index (χ0v) is 7.91. The molecule has 2 heteroatoms. The van der Waals surface area contributed by atoms with Crippen molar-refractivity contribution in [1.82, 2.24) is 0 Å². The zero-order valence-electron chi connectivity index (χ0n) is 7.10. The van der Waals surface area contributed by atoms with E-state index in [0.29, 0.717) is 6.04 Å². The summed E-state index contributed by atoms with van der Waals surface area (Å²) in [5.74, 6) is 2.59. The lowest BCUT2D eigenvalue weighted by Crippen LogP contribution is -2.14.